The average Bonchev–Trinajstić information content (AvgIpc) is 2.45. The molecule has 114 valence electrons. The predicted molar refractivity (Wildman–Crippen MR) is 94.0 cm³/mol. The van der Waals surface area contributed by atoms with Gasteiger partial charge in [0.1, 0.15) is 5.75 Å². The van der Waals surface area contributed by atoms with E-state index < -0.39 is 11.8 Å². The lowest BCUT2D eigenvalue weighted by Gasteiger charge is -2.10. The van der Waals surface area contributed by atoms with Gasteiger partial charge in [0.2, 0.25) is 0 Å². The van der Waals surface area contributed by atoms with Gasteiger partial charge in [-0.05, 0) is 77.9 Å². The molecule has 2 amide bonds. The van der Waals surface area contributed by atoms with E-state index in [1.807, 2.05) is 26.0 Å². The van der Waals surface area contributed by atoms with Crippen molar-refractivity contribution in [2.45, 2.75) is 13.8 Å². The second-order valence-electron chi connectivity index (χ2n) is 4.89. The van der Waals surface area contributed by atoms with Crippen molar-refractivity contribution >= 4 is 45.8 Å². The molecule has 2 rings (SSSR count). The highest BCUT2D eigenvalue weighted by Gasteiger charge is 2.16. The second-order valence-corrected chi connectivity index (χ2v) is 6.13. The van der Waals surface area contributed by atoms with Gasteiger partial charge in [-0.1, -0.05) is 6.07 Å². The van der Waals surface area contributed by atoms with Crippen molar-refractivity contribution in [1.82, 2.24) is 0 Å². The number of halogens is 1. The van der Waals surface area contributed by atoms with E-state index in [9.17, 15) is 14.7 Å². The molecule has 0 bridgehead atoms. The normalized spacial score (nSPS) is 10.1. The molecule has 2 aromatic carbocycles. The third kappa shape index (κ3) is 3.97. The smallest absolute Gasteiger partial charge is 0.314 e. The van der Waals surface area contributed by atoms with Gasteiger partial charge in [0.15, 0.2) is 0 Å². The highest BCUT2D eigenvalue weighted by atomic mass is 127. The summed E-state index contributed by atoms with van der Waals surface area (Å²) in [7, 11) is 0. The van der Waals surface area contributed by atoms with E-state index in [1.54, 1.807) is 18.2 Å². The Hall–Kier alpha value is -2.09. The van der Waals surface area contributed by atoms with Crippen LogP contribution >= 0.6 is 22.6 Å². The van der Waals surface area contributed by atoms with Gasteiger partial charge < -0.3 is 15.7 Å². The molecule has 2 aromatic rings. The lowest BCUT2D eigenvalue weighted by atomic mass is 10.2. The first-order chi connectivity index (χ1) is 10.4. The van der Waals surface area contributed by atoms with Crippen LogP contribution in [0.1, 0.15) is 11.1 Å². The lowest BCUT2D eigenvalue weighted by molar-refractivity contribution is -0.133. The summed E-state index contributed by atoms with van der Waals surface area (Å²) in [6.45, 7) is 3.67. The molecule has 0 saturated heterocycles. The first kappa shape index (κ1) is 16.3. The quantitative estimate of drug-likeness (QED) is 0.404. The Bertz CT molecular complexity index is 744. The maximum Gasteiger partial charge on any atom is 0.314 e. The zero-order valence-electron chi connectivity index (χ0n) is 12.1. The van der Waals surface area contributed by atoms with Crippen LogP contribution < -0.4 is 10.6 Å². The van der Waals surface area contributed by atoms with Gasteiger partial charge in [0.25, 0.3) is 0 Å². The first-order valence-corrected chi connectivity index (χ1v) is 7.63. The molecule has 0 aromatic heterocycles. The second kappa shape index (κ2) is 6.78. The summed E-state index contributed by atoms with van der Waals surface area (Å²) in [6.07, 6.45) is 0. The number of anilines is 2. The first-order valence-electron chi connectivity index (χ1n) is 6.55. The number of phenolic OH excluding ortho intramolecular Hbond substituents is 1. The molecule has 0 spiro atoms. The Balaban J connectivity index is 2.09. The van der Waals surface area contributed by atoms with Crippen molar-refractivity contribution in [3.63, 3.8) is 0 Å². The molecule has 0 aliphatic rings. The van der Waals surface area contributed by atoms with Gasteiger partial charge >= 0.3 is 11.8 Å². The molecule has 0 saturated carbocycles. The van der Waals surface area contributed by atoms with Crippen molar-refractivity contribution in [3.8, 4) is 5.75 Å². The molecule has 0 atom stereocenters. The Morgan fingerprint density at radius 2 is 1.59 bits per heavy atom. The molecule has 0 aliphatic heterocycles. The molecule has 0 unspecified atom stereocenters. The van der Waals surface area contributed by atoms with Crippen LogP contribution in [-0.2, 0) is 9.59 Å². The molecule has 0 heterocycles. The number of carbonyl (C=O) groups excluding carboxylic acids is 2. The Kier molecular flexibility index (Phi) is 5.02. The summed E-state index contributed by atoms with van der Waals surface area (Å²) in [5.74, 6) is -1.71. The number of phenols is 1. The zero-order valence-corrected chi connectivity index (χ0v) is 14.3. The van der Waals surface area contributed by atoms with E-state index in [1.165, 1.54) is 6.07 Å². The minimum atomic E-state index is -0.834. The van der Waals surface area contributed by atoms with Gasteiger partial charge in [-0.2, -0.15) is 0 Å². The molecular formula is C16H15IN2O3. The highest BCUT2D eigenvalue weighted by Crippen LogP contribution is 2.24. The Labute approximate surface area is 141 Å². The van der Waals surface area contributed by atoms with E-state index in [0.29, 0.717) is 5.69 Å². The van der Waals surface area contributed by atoms with Crippen LogP contribution in [0.4, 0.5) is 11.4 Å². The summed E-state index contributed by atoms with van der Waals surface area (Å²) in [6, 6.07) is 10.3. The van der Waals surface area contributed by atoms with E-state index in [2.05, 4.69) is 33.2 Å². The number of amides is 2. The number of hydrogen-bond donors (Lipinski definition) is 3. The molecule has 0 radical (unpaired) electrons. The van der Waals surface area contributed by atoms with Crippen LogP contribution in [0.25, 0.3) is 0 Å². The number of carbonyl (C=O) groups is 2. The number of aromatic hydroxyl groups is 1. The molecule has 22 heavy (non-hydrogen) atoms. The van der Waals surface area contributed by atoms with E-state index in [0.717, 1.165) is 14.7 Å². The van der Waals surface area contributed by atoms with Crippen LogP contribution in [0.3, 0.4) is 0 Å². The third-order valence-corrected chi connectivity index (χ3v) is 3.71. The molecule has 6 heteroatoms. The van der Waals surface area contributed by atoms with Crippen LogP contribution in [0.15, 0.2) is 36.4 Å². The van der Waals surface area contributed by atoms with Gasteiger partial charge in [0.05, 0.1) is 5.69 Å². The monoisotopic (exact) mass is 410 g/mol. The standard InChI is InChI=1S/C16H15IN2O3/c1-9-3-6-14(20)13(7-9)19-16(22)15(21)18-12-5-4-11(17)8-10(12)2/h3-8,20H,1-2H3,(H,18,21)(H,19,22). The molecule has 5 nitrogen and oxygen atoms in total. The number of aryl methyl sites for hydroxylation is 2. The summed E-state index contributed by atoms with van der Waals surface area (Å²) in [5, 5.41) is 14.6. The van der Waals surface area contributed by atoms with Crippen LogP contribution in [0.2, 0.25) is 0 Å². The fourth-order valence-corrected chi connectivity index (χ4v) is 2.52. The molecule has 0 fully saturated rings. The fraction of sp³-hybridized carbons (Fsp3) is 0.125. The predicted octanol–water partition coefficient (Wildman–Crippen LogP) is 3.19. The van der Waals surface area contributed by atoms with Gasteiger partial charge in [-0.15, -0.1) is 0 Å². The van der Waals surface area contributed by atoms with Crippen LogP contribution in [0.5, 0.6) is 5.75 Å². The number of benzene rings is 2. The average molecular weight is 410 g/mol. The SMILES string of the molecule is Cc1ccc(O)c(NC(=O)C(=O)Nc2ccc(I)cc2C)c1. The minimum absolute atomic E-state index is 0.0859. The minimum Gasteiger partial charge on any atom is -0.506 e. The number of rotatable bonds is 2. The maximum atomic E-state index is 11.9. The Morgan fingerprint density at radius 3 is 2.23 bits per heavy atom. The zero-order chi connectivity index (χ0) is 16.3. The van der Waals surface area contributed by atoms with Crippen molar-refractivity contribution in [2.24, 2.45) is 0 Å². The summed E-state index contributed by atoms with van der Waals surface area (Å²) < 4.78 is 1.04. The van der Waals surface area contributed by atoms with E-state index in [-0.39, 0.29) is 11.4 Å². The topological polar surface area (TPSA) is 78.4 Å². The Morgan fingerprint density at radius 1 is 0.955 bits per heavy atom. The highest BCUT2D eigenvalue weighted by molar-refractivity contribution is 14.1. The molecule has 0 aliphatic carbocycles. The maximum absolute atomic E-state index is 11.9. The summed E-state index contributed by atoms with van der Waals surface area (Å²) in [5.41, 5.74) is 2.52. The van der Waals surface area contributed by atoms with Gasteiger partial charge in [-0.3, -0.25) is 9.59 Å². The van der Waals surface area contributed by atoms with Crippen molar-refractivity contribution in [2.75, 3.05) is 10.6 Å². The molecule has 3 N–H and O–H groups in total. The van der Waals surface area contributed by atoms with Gasteiger partial charge in [0, 0.05) is 9.26 Å². The number of nitrogens with one attached hydrogen (secondary N) is 2. The molecular weight excluding hydrogens is 395 g/mol. The van der Waals surface area contributed by atoms with E-state index in [4.69, 9.17) is 0 Å². The van der Waals surface area contributed by atoms with Crippen molar-refractivity contribution in [3.05, 3.63) is 51.1 Å². The third-order valence-electron chi connectivity index (χ3n) is 3.04. The van der Waals surface area contributed by atoms with Crippen molar-refractivity contribution < 1.29 is 14.7 Å². The summed E-state index contributed by atoms with van der Waals surface area (Å²) in [4.78, 5) is 23.9. The van der Waals surface area contributed by atoms with Gasteiger partial charge in [-0.25, -0.2) is 0 Å². The van der Waals surface area contributed by atoms with Crippen LogP contribution in [0, 0.1) is 17.4 Å². The van der Waals surface area contributed by atoms with E-state index >= 15 is 0 Å². The fourth-order valence-electron chi connectivity index (χ4n) is 1.88. The van der Waals surface area contributed by atoms with Crippen LogP contribution in [-0.4, -0.2) is 16.9 Å². The largest absolute Gasteiger partial charge is 0.506 e. The lowest BCUT2D eigenvalue weighted by Crippen LogP contribution is -2.29. The summed E-state index contributed by atoms with van der Waals surface area (Å²) >= 11 is 2.17. The number of hydrogen-bond acceptors (Lipinski definition) is 3. The van der Waals surface area contributed by atoms with Crippen molar-refractivity contribution in [1.29, 1.82) is 0 Å².